The standard InChI is InChI=1S/C12H10N2/c1-8-10-5-3-4-6-11(10)12(7-13)9(2)14-8/h3-6H,1-2H3. The Morgan fingerprint density at radius 1 is 1.07 bits per heavy atom. The van der Waals surface area contributed by atoms with Crippen LogP contribution in [0.4, 0.5) is 0 Å². The Labute approximate surface area is 82.8 Å². The Hall–Kier alpha value is -1.88. The summed E-state index contributed by atoms with van der Waals surface area (Å²) in [6, 6.07) is 10.1. The smallest absolute Gasteiger partial charge is 0.102 e. The van der Waals surface area contributed by atoms with Crippen LogP contribution >= 0.6 is 0 Å². The summed E-state index contributed by atoms with van der Waals surface area (Å²) in [5.41, 5.74) is 2.48. The van der Waals surface area contributed by atoms with Crippen molar-refractivity contribution in [1.29, 1.82) is 5.26 Å². The fourth-order valence-electron chi connectivity index (χ4n) is 1.72. The summed E-state index contributed by atoms with van der Waals surface area (Å²) in [6.45, 7) is 3.84. The topological polar surface area (TPSA) is 36.7 Å². The van der Waals surface area contributed by atoms with Gasteiger partial charge in [0.05, 0.1) is 11.3 Å². The molecule has 0 unspecified atom stereocenters. The maximum atomic E-state index is 9.02. The number of hydrogen-bond acceptors (Lipinski definition) is 2. The Kier molecular flexibility index (Phi) is 1.94. The second-order valence-corrected chi connectivity index (χ2v) is 3.32. The van der Waals surface area contributed by atoms with Gasteiger partial charge in [-0.25, -0.2) is 0 Å². The van der Waals surface area contributed by atoms with E-state index >= 15 is 0 Å². The molecule has 0 radical (unpaired) electrons. The summed E-state index contributed by atoms with van der Waals surface area (Å²) in [5.74, 6) is 0. The zero-order valence-electron chi connectivity index (χ0n) is 8.20. The Morgan fingerprint density at radius 3 is 2.36 bits per heavy atom. The molecule has 0 bridgehead atoms. The molecule has 0 atom stereocenters. The number of benzene rings is 1. The van der Waals surface area contributed by atoms with E-state index in [4.69, 9.17) is 5.26 Å². The van der Waals surface area contributed by atoms with E-state index in [2.05, 4.69) is 11.1 Å². The quantitative estimate of drug-likeness (QED) is 0.628. The lowest BCUT2D eigenvalue weighted by molar-refractivity contribution is 1.14. The van der Waals surface area contributed by atoms with Gasteiger partial charge in [-0.15, -0.1) is 0 Å². The van der Waals surface area contributed by atoms with Crippen LogP contribution in [0.3, 0.4) is 0 Å². The number of rotatable bonds is 0. The van der Waals surface area contributed by atoms with Crippen molar-refractivity contribution in [3.63, 3.8) is 0 Å². The van der Waals surface area contributed by atoms with Gasteiger partial charge < -0.3 is 0 Å². The molecule has 0 N–H and O–H groups in total. The molecule has 0 aliphatic rings. The van der Waals surface area contributed by atoms with Gasteiger partial charge >= 0.3 is 0 Å². The van der Waals surface area contributed by atoms with Crippen molar-refractivity contribution in [3.05, 3.63) is 41.2 Å². The first-order chi connectivity index (χ1) is 6.74. The van der Waals surface area contributed by atoms with Crippen molar-refractivity contribution in [2.75, 3.05) is 0 Å². The lowest BCUT2D eigenvalue weighted by Crippen LogP contribution is -1.93. The molecule has 1 aromatic carbocycles. The summed E-state index contributed by atoms with van der Waals surface area (Å²) in [6.07, 6.45) is 0. The fraction of sp³-hybridized carbons (Fsp3) is 0.167. The minimum absolute atomic E-state index is 0.686. The predicted molar refractivity (Wildman–Crippen MR) is 55.9 cm³/mol. The summed E-state index contributed by atoms with van der Waals surface area (Å²) in [5, 5.41) is 11.1. The second kappa shape index (κ2) is 3.12. The molecule has 14 heavy (non-hydrogen) atoms. The molecule has 2 aromatic rings. The highest BCUT2D eigenvalue weighted by molar-refractivity contribution is 5.89. The third-order valence-electron chi connectivity index (χ3n) is 2.40. The predicted octanol–water partition coefficient (Wildman–Crippen LogP) is 2.72. The van der Waals surface area contributed by atoms with Gasteiger partial charge in [0.1, 0.15) is 6.07 Å². The zero-order chi connectivity index (χ0) is 10.1. The summed E-state index contributed by atoms with van der Waals surface area (Å²) in [4.78, 5) is 4.35. The minimum atomic E-state index is 0.686. The van der Waals surface area contributed by atoms with Gasteiger partial charge in [0.15, 0.2) is 0 Å². The van der Waals surface area contributed by atoms with Crippen LogP contribution in [0.5, 0.6) is 0 Å². The van der Waals surface area contributed by atoms with Crippen molar-refractivity contribution < 1.29 is 0 Å². The zero-order valence-corrected chi connectivity index (χ0v) is 8.20. The van der Waals surface area contributed by atoms with Crippen LogP contribution in [-0.4, -0.2) is 4.98 Å². The van der Waals surface area contributed by atoms with E-state index in [0.29, 0.717) is 5.56 Å². The molecule has 1 heterocycles. The molecule has 0 fully saturated rings. The number of nitrogens with zero attached hydrogens (tertiary/aromatic N) is 2. The number of fused-ring (bicyclic) bond motifs is 1. The fourth-order valence-corrected chi connectivity index (χ4v) is 1.72. The van der Waals surface area contributed by atoms with E-state index in [1.165, 1.54) is 0 Å². The van der Waals surface area contributed by atoms with Crippen molar-refractivity contribution in [2.45, 2.75) is 13.8 Å². The maximum absolute atomic E-state index is 9.02. The molecule has 1 aromatic heterocycles. The van der Waals surface area contributed by atoms with Crippen LogP contribution in [-0.2, 0) is 0 Å². The van der Waals surface area contributed by atoms with Crippen LogP contribution < -0.4 is 0 Å². The van der Waals surface area contributed by atoms with E-state index in [9.17, 15) is 0 Å². The van der Waals surface area contributed by atoms with Crippen molar-refractivity contribution in [1.82, 2.24) is 4.98 Å². The largest absolute Gasteiger partial charge is 0.256 e. The number of aromatic nitrogens is 1. The van der Waals surface area contributed by atoms with E-state index in [1.54, 1.807) is 0 Å². The van der Waals surface area contributed by atoms with Gasteiger partial charge in [-0.3, -0.25) is 4.98 Å². The van der Waals surface area contributed by atoms with Crippen LogP contribution in [0.25, 0.3) is 10.8 Å². The maximum Gasteiger partial charge on any atom is 0.102 e. The van der Waals surface area contributed by atoms with Crippen molar-refractivity contribution in [2.24, 2.45) is 0 Å². The number of hydrogen-bond donors (Lipinski definition) is 0. The van der Waals surface area contributed by atoms with Gasteiger partial charge in [0.25, 0.3) is 0 Å². The molecule has 0 aliphatic heterocycles. The SMILES string of the molecule is Cc1nc(C)c2ccccc2c1C#N. The third kappa shape index (κ3) is 1.14. The van der Waals surface area contributed by atoms with Crippen LogP contribution in [0.2, 0.25) is 0 Å². The molecule has 2 rings (SSSR count). The van der Waals surface area contributed by atoms with Gasteiger partial charge in [0.2, 0.25) is 0 Å². The molecule has 2 nitrogen and oxygen atoms in total. The van der Waals surface area contributed by atoms with E-state index in [1.807, 2.05) is 38.1 Å². The van der Waals surface area contributed by atoms with E-state index in [-0.39, 0.29) is 0 Å². The molecule has 0 saturated carbocycles. The summed E-state index contributed by atoms with van der Waals surface area (Å²) < 4.78 is 0. The average Bonchev–Trinajstić information content (AvgIpc) is 2.18. The lowest BCUT2D eigenvalue weighted by Gasteiger charge is -2.05. The van der Waals surface area contributed by atoms with Gasteiger partial charge in [-0.1, -0.05) is 24.3 Å². The van der Waals surface area contributed by atoms with Crippen LogP contribution in [0.1, 0.15) is 17.0 Å². The first kappa shape index (κ1) is 8.71. The molecular formula is C12H10N2. The number of nitriles is 1. The summed E-state index contributed by atoms with van der Waals surface area (Å²) >= 11 is 0. The van der Waals surface area contributed by atoms with E-state index in [0.717, 1.165) is 22.2 Å². The number of aryl methyl sites for hydroxylation is 2. The van der Waals surface area contributed by atoms with Crippen LogP contribution in [0.15, 0.2) is 24.3 Å². The lowest BCUT2D eigenvalue weighted by atomic mass is 10.0. The first-order valence-corrected chi connectivity index (χ1v) is 4.50. The minimum Gasteiger partial charge on any atom is -0.256 e. The Balaban J connectivity index is 3.00. The Morgan fingerprint density at radius 2 is 1.71 bits per heavy atom. The highest BCUT2D eigenvalue weighted by Crippen LogP contribution is 2.22. The molecule has 2 heteroatoms. The molecule has 0 amide bonds. The molecule has 0 spiro atoms. The second-order valence-electron chi connectivity index (χ2n) is 3.32. The van der Waals surface area contributed by atoms with Crippen LogP contribution in [0, 0.1) is 25.2 Å². The first-order valence-electron chi connectivity index (χ1n) is 4.50. The van der Waals surface area contributed by atoms with E-state index < -0.39 is 0 Å². The highest BCUT2D eigenvalue weighted by Gasteiger charge is 2.06. The third-order valence-corrected chi connectivity index (χ3v) is 2.40. The van der Waals surface area contributed by atoms with Crippen molar-refractivity contribution >= 4 is 10.8 Å². The highest BCUT2D eigenvalue weighted by atomic mass is 14.7. The van der Waals surface area contributed by atoms with Gasteiger partial charge in [-0.2, -0.15) is 5.26 Å². The average molecular weight is 182 g/mol. The monoisotopic (exact) mass is 182 g/mol. The molecule has 68 valence electrons. The normalized spacial score (nSPS) is 10.1. The van der Waals surface area contributed by atoms with Gasteiger partial charge in [0, 0.05) is 16.5 Å². The molecule has 0 saturated heterocycles. The molecular weight excluding hydrogens is 172 g/mol. The van der Waals surface area contributed by atoms with Gasteiger partial charge in [-0.05, 0) is 13.8 Å². The summed E-state index contributed by atoms with van der Waals surface area (Å²) in [7, 11) is 0. The molecule has 0 aliphatic carbocycles. The Bertz CT molecular complexity index is 536. The van der Waals surface area contributed by atoms with Crippen molar-refractivity contribution in [3.8, 4) is 6.07 Å². The number of pyridine rings is 1.